The molecule has 3 fully saturated rings. The van der Waals surface area contributed by atoms with Crippen LogP contribution in [0.15, 0.2) is 60.8 Å². The summed E-state index contributed by atoms with van der Waals surface area (Å²) in [5.41, 5.74) is 3.54. The van der Waals surface area contributed by atoms with Crippen LogP contribution in [0.3, 0.4) is 0 Å². The number of fused-ring (bicyclic) bond motifs is 1. The van der Waals surface area contributed by atoms with Crippen LogP contribution in [-0.4, -0.2) is 70.0 Å². The molecule has 0 radical (unpaired) electrons. The summed E-state index contributed by atoms with van der Waals surface area (Å²) in [7, 11) is -3.67. The summed E-state index contributed by atoms with van der Waals surface area (Å²) >= 11 is 0. The van der Waals surface area contributed by atoms with Crippen molar-refractivity contribution in [3.05, 3.63) is 72.1 Å². The van der Waals surface area contributed by atoms with E-state index < -0.39 is 10.1 Å². The molecule has 3 aliphatic rings. The van der Waals surface area contributed by atoms with Crippen molar-refractivity contribution in [2.24, 2.45) is 5.41 Å². The van der Waals surface area contributed by atoms with E-state index in [1.165, 1.54) is 0 Å². The maximum absolute atomic E-state index is 13.3. The molecule has 4 aromatic rings. The van der Waals surface area contributed by atoms with Gasteiger partial charge in [0.05, 0.1) is 29.5 Å². The molecule has 1 saturated heterocycles. The van der Waals surface area contributed by atoms with Gasteiger partial charge in [0.25, 0.3) is 10.1 Å². The van der Waals surface area contributed by atoms with Crippen LogP contribution in [0, 0.1) is 12.3 Å². The van der Waals surface area contributed by atoms with Crippen LogP contribution in [0.4, 0.5) is 16.3 Å². The third-order valence-corrected chi connectivity index (χ3v) is 9.38. The first-order valence-electron chi connectivity index (χ1n) is 16.2. The number of amides is 3. The fourth-order valence-electron chi connectivity index (χ4n) is 5.84. The summed E-state index contributed by atoms with van der Waals surface area (Å²) in [5.74, 6) is 1.44. The summed E-state index contributed by atoms with van der Waals surface area (Å²) in [6.45, 7) is 7.73. The molecule has 7 rings (SSSR count). The Balaban J connectivity index is 0.000000749. The first kappa shape index (κ1) is 33.4. The molecule has 12 nitrogen and oxygen atoms in total. The first-order valence-corrected chi connectivity index (χ1v) is 18.1. The molecule has 48 heavy (non-hydrogen) atoms. The number of carbonyl (C=O) groups excluding carboxylic acids is 2. The molecule has 1 aliphatic heterocycles. The number of ether oxygens (including phenoxy) is 1. The lowest BCUT2D eigenvalue weighted by Crippen LogP contribution is -2.44. The van der Waals surface area contributed by atoms with E-state index in [1.54, 1.807) is 10.9 Å². The number of nitrogens with zero attached hydrogens (tertiary/aromatic N) is 4. The van der Waals surface area contributed by atoms with Crippen LogP contribution in [0.2, 0.25) is 0 Å². The Morgan fingerprint density at radius 3 is 2.19 bits per heavy atom. The molecule has 0 bridgehead atoms. The highest BCUT2D eigenvalue weighted by Gasteiger charge is 2.47. The number of aryl methyl sites for hydroxylation is 1. The molecule has 254 valence electrons. The fourth-order valence-corrected chi connectivity index (χ4v) is 5.84. The number of benzene rings is 2. The van der Waals surface area contributed by atoms with E-state index in [4.69, 9.17) is 14.4 Å². The normalized spacial score (nSPS) is 18.0. The van der Waals surface area contributed by atoms with E-state index in [2.05, 4.69) is 29.5 Å². The Kier molecular flexibility index (Phi) is 8.94. The Bertz CT molecular complexity index is 1930. The van der Waals surface area contributed by atoms with Gasteiger partial charge in [0.1, 0.15) is 11.9 Å². The van der Waals surface area contributed by atoms with E-state index in [9.17, 15) is 18.0 Å². The van der Waals surface area contributed by atoms with Crippen LogP contribution in [-0.2, 0) is 20.3 Å². The van der Waals surface area contributed by atoms with Gasteiger partial charge >= 0.3 is 6.03 Å². The lowest BCUT2D eigenvalue weighted by molar-refractivity contribution is -0.138. The van der Waals surface area contributed by atoms with Gasteiger partial charge in [-0.3, -0.25) is 14.7 Å². The van der Waals surface area contributed by atoms with Gasteiger partial charge in [-0.05, 0) is 50.8 Å². The molecule has 2 aliphatic carbocycles. The summed E-state index contributed by atoms with van der Waals surface area (Å²) in [6, 6.07) is 17.5. The number of anilines is 2. The molecular formula is C35H42N6O6S. The third-order valence-electron chi connectivity index (χ3n) is 9.38. The van der Waals surface area contributed by atoms with Gasteiger partial charge in [-0.25, -0.2) is 14.5 Å². The van der Waals surface area contributed by atoms with Gasteiger partial charge in [-0.2, -0.15) is 13.5 Å². The minimum Gasteiger partial charge on any atom is -0.474 e. The van der Waals surface area contributed by atoms with Crippen molar-refractivity contribution in [3.8, 4) is 11.6 Å². The van der Waals surface area contributed by atoms with E-state index in [0.717, 1.165) is 66.2 Å². The number of piperidine rings is 1. The molecule has 2 aromatic heterocycles. The standard InChI is InChI=1S/C34H38N6O3.CH4O3S/c1-22-8-10-23(11-9-22)40-29(20-28(38-40)33(2)14-15-33)37-32(42)36-27-21-35-30(26-7-5-4-6-25(26)27)43-24-12-18-39(19-13-24)31(41)34(3)16-17-34;1-5(2,3)4/h4-11,20-21,24H,12-19H2,1-3H3,(H2,36,37,42);1H3,(H,2,3,4). The minimum atomic E-state index is -3.67. The maximum atomic E-state index is 13.3. The number of likely N-dealkylation sites (tertiary alicyclic amines) is 1. The summed E-state index contributed by atoms with van der Waals surface area (Å²) in [5, 5.41) is 12.6. The lowest BCUT2D eigenvalue weighted by Gasteiger charge is -2.33. The van der Waals surface area contributed by atoms with Gasteiger partial charge in [0.2, 0.25) is 11.8 Å². The van der Waals surface area contributed by atoms with Crippen molar-refractivity contribution < 1.29 is 27.3 Å². The van der Waals surface area contributed by atoms with Crippen molar-refractivity contribution in [2.45, 2.75) is 70.8 Å². The lowest BCUT2D eigenvalue weighted by atomic mass is 10.0. The predicted octanol–water partition coefficient (Wildman–Crippen LogP) is 6.10. The third kappa shape index (κ3) is 7.79. The van der Waals surface area contributed by atoms with E-state index in [1.807, 2.05) is 66.4 Å². The average molecular weight is 675 g/mol. The van der Waals surface area contributed by atoms with Crippen molar-refractivity contribution in [1.82, 2.24) is 19.7 Å². The van der Waals surface area contributed by atoms with E-state index in [-0.39, 0.29) is 28.9 Å². The highest BCUT2D eigenvalue weighted by atomic mass is 32.2. The second-order valence-electron chi connectivity index (χ2n) is 13.7. The second kappa shape index (κ2) is 12.8. The maximum Gasteiger partial charge on any atom is 0.324 e. The highest BCUT2D eigenvalue weighted by molar-refractivity contribution is 7.85. The number of aromatic nitrogens is 3. The van der Waals surface area contributed by atoms with Gasteiger partial charge in [-0.1, -0.05) is 49.7 Å². The molecule has 13 heteroatoms. The number of nitrogens with one attached hydrogen (secondary N) is 2. The molecule has 3 N–H and O–H groups in total. The monoisotopic (exact) mass is 674 g/mol. The Labute approximate surface area is 280 Å². The van der Waals surface area contributed by atoms with Gasteiger partial charge < -0.3 is 15.0 Å². The quantitative estimate of drug-likeness (QED) is 0.199. The number of hydrogen-bond acceptors (Lipinski definition) is 7. The Morgan fingerprint density at radius 2 is 1.58 bits per heavy atom. The zero-order chi connectivity index (χ0) is 34.3. The SMILES string of the molecule is CS(=O)(=O)O.Cc1ccc(-n2nc(C3(C)CC3)cc2NC(=O)Nc2cnc(OC3CCN(C(=O)C4(C)CC4)CC3)c3ccccc23)cc1. The minimum absolute atomic E-state index is 0.0151. The summed E-state index contributed by atoms with van der Waals surface area (Å²) < 4.78 is 34.0. The van der Waals surface area contributed by atoms with Crippen molar-refractivity contribution in [1.29, 1.82) is 0 Å². The topological polar surface area (TPSA) is 156 Å². The molecule has 3 amide bonds. The number of urea groups is 1. The van der Waals surface area contributed by atoms with Gasteiger partial charge in [-0.15, -0.1) is 0 Å². The highest BCUT2D eigenvalue weighted by Crippen LogP contribution is 2.48. The number of hydrogen-bond donors (Lipinski definition) is 3. The van der Waals surface area contributed by atoms with Crippen LogP contribution >= 0.6 is 0 Å². The average Bonchev–Trinajstić information content (AvgIpc) is 3.94. The number of pyridine rings is 1. The molecule has 2 aromatic carbocycles. The summed E-state index contributed by atoms with van der Waals surface area (Å²) in [6.07, 6.45) is 8.06. The number of rotatable bonds is 7. The Hall–Kier alpha value is -4.49. The van der Waals surface area contributed by atoms with Crippen molar-refractivity contribution in [2.75, 3.05) is 30.0 Å². The largest absolute Gasteiger partial charge is 0.474 e. The Morgan fingerprint density at radius 1 is 0.958 bits per heavy atom. The van der Waals surface area contributed by atoms with Crippen LogP contribution < -0.4 is 15.4 Å². The van der Waals surface area contributed by atoms with Crippen LogP contribution in [0.5, 0.6) is 5.88 Å². The molecule has 3 heterocycles. The van der Waals surface area contributed by atoms with E-state index >= 15 is 0 Å². The molecule has 0 atom stereocenters. The molecule has 2 saturated carbocycles. The zero-order valence-electron chi connectivity index (χ0n) is 27.7. The van der Waals surface area contributed by atoms with Crippen molar-refractivity contribution >= 4 is 44.3 Å². The molecular weight excluding hydrogens is 632 g/mol. The fraction of sp³-hybridized carbons (Fsp3) is 0.429. The first-order chi connectivity index (χ1) is 22.7. The second-order valence-corrected chi connectivity index (χ2v) is 15.2. The smallest absolute Gasteiger partial charge is 0.324 e. The van der Waals surface area contributed by atoms with Crippen molar-refractivity contribution in [3.63, 3.8) is 0 Å². The van der Waals surface area contributed by atoms with Gasteiger partial charge in [0, 0.05) is 53.6 Å². The van der Waals surface area contributed by atoms with Crippen LogP contribution in [0.25, 0.3) is 16.5 Å². The van der Waals surface area contributed by atoms with E-state index in [0.29, 0.717) is 36.7 Å². The molecule has 0 unspecified atom stereocenters. The van der Waals surface area contributed by atoms with Gasteiger partial charge in [0.15, 0.2) is 0 Å². The molecule has 0 spiro atoms. The van der Waals surface area contributed by atoms with Crippen LogP contribution in [0.1, 0.15) is 63.6 Å². The predicted molar refractivity (Wildman–Crippen MR) is 184 cm³/mol. The zero-order valence-corrected chi connectivity index (χ0v) is 28.5. The summed E-state index contributed by atoms with van der Waals surface area (Å²) in [4.78, 5) is 32.7. The number of carbonyl (C=O) groups is 2.